The molecule has 2 rings (SSSR count). The molecule has 5 heteroatoms. The Bertz CT molecular complexity index is 522. The van der Waals surface area contributed by atoms with Crippen molar-refractivity contribution in [1.82, 2.24) is 5.32 Å². The van der Waals surface area contributed by atoms with Gasteiger partial charge in [0.25, 0.3) is 0 Å². The maximum atomic E-state index is 13.3. The molecule has 1 N–H and O–H groups in total. The number of hydrogen-bond donors (Lipinski definition) is 1. The molecule has 1 aromatic heterocycles. The van der Waals surface area contributed by atoms with Gasteiger partial charge in [0.05, 0.1) is 9.83 Å². The van der Waals surface area contributed by atoms with Gasteiger partial charge >= 0.3 is 0 Å². The van der Waals surface area contributed by atoms with Crippen LogP contribution in [0, 0.1) is 5.82 Å². The second-order valence-corrected chi connectivity index (χ2v) is 7.07. The molecule has 0 saturated carbocycles. The maximum absolute atomic E-state index is 13.3. The highest BCUT2D eigenvalue weighted by atomic mass is 79.9. The van der Waals surface area contributed by atoms with Gasteiger partial charge in [0.2, 0.25) is 0 Å². The van der Waals surface area contributed by atoms with Crippen LogP contribution in [0.3, 0.4) is 0 Å². The second kappa shape index (κ2) is 6.28. The van der Waals surface area contributed by atoms with E-state index in [1.807, 2.05) is 13.0 Å². The monoisotopic (exact) mass is 391 g/mol. The molecule has 96 valence electrons. The van der Waals surface area contributed by atoms with E-state index in [0.717, 1.165) is 25.2 Å². The van der Waals surface area contributed by atoms with Crippen molar-refractivity contribution in [2.75, 3.05) is 6.54 Å². The Balaban J connectivity index is 2.39. The van der Waals surface area contributed by atoms with Crippen molar-refractivity contribution in [2.45, 2.75) is 13.0 Å². The summed E-state index contributed by atoms with van der Waals surface area (Å²) < 4.78 is 15.4. The van der Waals surface area contributed by atoms with Crippen LogP contribution < -0.4 is 5.32 Å². The van der Waals surface area contributed by atoms with E-state index in [1.165, 1.54) is 6.07 Å². The first-order chi connectivity index (χ1) is 8.61. The average Bonchev–Trinajstić information content (AvgIpc) is 2.66. The van der Waals surface area contributed by atoms with Crippen molar-refractivity contribution >= 4 is 43.2 Å². The molecule has 0 radical (unpaired) electrons. The molecule has 0 fully saturated rings. The summed E-state index contributed by atoms with van der Waals surface area (Å²) in [6.07, 6.45) is 0. The van der Waals surface area contributed by atoms with Crippen LogP contribution in [0.15, 0.2) is 38.6 Å². The van der Waals surface area contributed by atoms with Gasteiger partial charge in [-0.2, -0.15) is 0 Å². The number of benzene rings is 1. The summed E-state index contributed by atoms with van der Waals surface area (Å²) in [5, 5.41) is 3.39. The van der Waals surface area contributed by atoms with Gasteiger partial charge in [-0.15, -0.1) is 11.3 Å². The molecule has 0 aliphatic heterocycles. The highest BCUT2D eigenvalue weighted by Crippen LogP contribution is 2.37. The summed E-state index contributed by atoms with van der Waals surface area (Å²) in [5.74, 6) is -0.204. The minimum atomic E-state index is -0.204. The van der Waals surface area contributed by atoms with Gasteiger partial charge in [-0.3, -0.25) is 0 Å². The number of rotatable bonds is 4. The Labute approximate surface area is 127 Å². The Morgan fingerprint density at radius 2 is 2.11 bits per heavy atom. The van der Waals surface area contributed by atoms with Gasteiger partial charge in [0.15, 0.2) is 0 Å². The third-order valence-electron chi connectivity index (χ3n) is 2.54. The molecule has 1 unspecified atom stereocenters. The van der Waals surface area contributed by atoms with Gasteiger partial charge in [0, 0.05) is 9.35 Å². The number of thiophene rings is 1. The molecule has 0 amide bonds. The van der Waals surface area contributed by atoms with E-state index in [1.54, 1.807) is 23.5 Å². The van der Waals surface area contributed by atoms with Crippen molar-refractivity contribution in [2.24, 2.45) is 0 Å². The third-order valence-corrected chi connectivity index (χ3v) is 5.86. The lowest BCUT2D eigenvalue weighted by atomic mass is 10.1. The van der Waals surface area contributed by atoms with E-state index in [9.17, 15) is 4.39 Å². The fourth-order valence-electron chi connectivity index (χ4n) is 1.78. The van der Waals surface area contributed by atoms with Crippen LogP contribution in [0.5, 0.6) is 0 Å². The van der Waals surface area contributed by atoms with Crippen LogP contribution in [0.25, 0.3) is 0 Å². The van der Waals surface area contributed by atoms with Crippen LogP contribution in [0.2, 0.25) is 0 Å². The van der Waals surface area contributed by atoms with Crippen molar-refractivity contribution in [1.29, 1.82) is 0 Å². The summed E-state index contributed by atoms with van der Waals surface area (Å²) in [7, 11) is 0. The summed E-state index contributed by atoms with van der Waals surface area (Å²) in [5.41, 5.74) is 0.943. The van der Waals surface area contributed by atoms with Crippen molar-refractivity contribution in [3.05, 3.63) is 54.8 Å². The molecule has 1 aromatic carbocycles. The molecule has 0 bridgehead atoms. The number of nitrogens with one attached hydrogen (secondary N) is 1. The Hall–Kier alpha value is -0.230. The molecular formula is C13H12Br2FNS. The molecular weight excluding hydrogens is 381 g/mol. The standard InChI is InChI=1S/C13H12Br2FNS/c1-2-17-12(8-4-3-5-9(16)6-8)11-7-10(14)13(15)18-11/h3-7,12,17H,2H2,1H3. The van der Waals surface area contributed by atoms with Crippen LogP contribution >= 0.6 is 43.2 Å². The van der Waals surface area contributed by atoms with E-state index in [-0.39, 0.29) is 11.9 Å². The van der Waals surface area contributed by atoms with E-state index >= 15 is 0 Å². The Morgan fingerprint density at radius 1 is 1.33 bits per heavy atom. The fraction of sp³-hybridized carbons (Fsp3) is 0.231. The predicted molar refractivity (Wildman–Crippen MR) is 81.6 cm³/mol. The smallest absolute Gasteiger partial charge is 0.123 e. The molecule has 0 aliphatic carbocycles. The normalized spacial score (nSPS) is 12.7. The van der Waals surface area contributed by atoms with E-state index in [2.05, 4.69) is 43.2 Å². The zero-order valence-electron chi connectivity index (χ0n) is 9.71. The quantitative estimate of drug-likeness (QED) is 0.762. The summed E-state index contributed by atoms with van der Waals surface area (Å²) >= 11 is 8.62. The van der Waals surface area contributed by atoms with Crippen molar-refractivity contribution < 1.29 is 4.39 Å². The molecule has 0 aliphatic rings. The largest absolute Gasteiger partial charge is 0.306 e. The number of hydrogen-bond acceptors (Lipinski definition) is 2. The van der Waals surface area contributed by atoms with Crippen molar-refractivity contribution in [3.8, 4) is 0 Å². The lowest BCUT2D eigenvalue weighted by Gasteiger charge is -2.16. The first-order valence-electron chi connectivity index (χ1n) is 5.55. The molecule has 1 atom stereocenters. The zero-order valence-corrected chi connectivity index (χ0v) is 13.7. The molecule has 0 saturated heterocycles. The first kappa shape index (κ1) is 14.2. The topological polar surface area (TPSA) is 12.0 Å². The fourth-order valence-corrected chi connectivity index (χ4v) is 3.97. The zero-order chi connectivity index (χ0) is 13.1. The van der Waals surface area contributed by atoms with Crippen LogP contribution in [0.1, 0.15) is 23.4 Å². The highest BCUT2D eigenvalue weighted by molar-refractivity contribution is 9.13. The average molecular weight is 393 g/mol. The van der Waals surface area contributed by atoms with Gasteiger partial charge in [-0.05, 0) is 62.2 Å². The van der Waals surface area contributed by atoms with Gasteiger partial charge in [-0.25, -0.2) is 4.39 Å². The van der Waals surface area contributed by atoms with E-state index < -0.39 is 0 Å². The Morgan fingerprint density at radius 3 is 2.67 bits per heavy atom. The van der Waals surface area contributed by atoms with Crippen molar-refractivity contribution in [3.63, 3.8) is 0 Å². The van der Waals surface area contributed by atoms with E-state index in [4.69, 9.17) is 0 Å². The van der Waals surface area contributed by atoms with Crippen LogP contribution in [0.4, 0.5) is 4.39 Å². The van der Waals surface area contributed by atoms with Gasteiger partial charge in [-0.1, -0.05) is 19.1 Å². The minimum Gasteiger partial charge on any atom is -0.306 e. The molecule has 1 nitrogen and oxygen atoms in total. The summed E-state index contributed by atoms with van der Waals surface area (Å²) in [4.78, 5) is 1.15. The van der Waals surface area contributed by atoms with Crippen LogP contribution in [-0.2, 0) is 0 Å². The highest BCUT2D eigenvalue weighted by Gasteiger charge is 2.17. The third kappa shape index (κ3) is 3.20. The lowest BCUT2D eigenvalue weighted by Crippen LogP contribution is -2.21. The van der Waals surface area contributed by atoms with Crippen LogP contribution in [-0.4, -0.2) is 6.54 Å². The predicted octanol–water partition coefficient (Wildman–Crippen LogP) is 5.11. The van der Waals surface area contributed by atoms with Gasteiger partial charge in [0.1, 0.15) is 5.82 Å². The lowest BCUT2D eigenvalue weighted by molar-refractivity contribution is 0.607. The molecule has 1 heterocycles. The molecule has 2 aromatic rings. The summed E-state index contributed by atoms with van der Waals surface area (Å²) in [6.45, 7) is 2.87. The molecule has 0 spiro atoms. The summed E-state index contributed by atoms with van der Waals surface area (Å²) in [6, 6.07) is 8.82. The van der Waals surface area contributed by atoms with Gasteiger partial charge < -0.3 is 5.32 Å². The molecule has 18 heavy (non-hydrogen) atoms. The first-order valence-corrected chi connectivity index (χ1v) is 7.95. The Kier molecular flexibility index (Phi) is 4.95. The van der Waals surface area contributed by atoms with E-state index in [0.29, 0.717) is 0 Å². The SMILES string of the molecule is CCNC(c1cccc(F)c1)c1cc(Br)c(Br)s1. The minimum absolute atomic E-state index is 0.0262. The maximum Gasteiger partial charge on any atom is 0.123 e. The second-order valence-electron chi connectivity index (χ2n) is 3.82. The number of halogens is 3.